The Morgan fingerprint density at radius 2 is 1.93 bits per heavy atom. The molecular formula is C29H33F3N4O3S. The van der Waals surface area contributed by atoms with E-state index in [-0.39, 0.29) is 23.2 Å². The maximum absolute atomic E-state index is 13.6. The molecule has 2 atom stereocenters. The van der Waals surface area contributed by atoms with Crippen molar-refractivity contribution >= 4 is 32.1 Å². The lowest BCUT2D eigenvalue weighted by Gasteiger charge is -2.35. The van der Waals surface area contributed by atoms with Crippen LogP contribution < -0.4 is 15.4 Å². The normalized spacial score (nSPS) is 19.6. The number of nitrogens with zero attached hydrogens (tertiary/aromatic N) is 2. The summed E-state index contributed by atoms with van der Waals surface area (Å²) in [4.78, 5) is 2.66. The third-order valence-corrected chi connectivity index (χ3v) is 8.76. The van der Waals surface area contributed by atoms with Crippen molar-refractivity contribution in [1.29, 1.82) is 0 Å². The molecule has 40 heavy (non-hydrogen) atoms. The molecule has 2 fully saturated rings. The molecule has 0 bridgehead atoms. The monoisotopic (exact) mass is 574 g/mol. The lowest BCUT2D eigenvalue weighted by Crippen LogP contribution is -2.42. The number of nitrogens with one attached hydrogen (secondary N) is 2. The topological polar surface area (TPSA) is 75.6 Å². The van der Waals surface area contributed by atoms with Crippen molar-refractivity contribution < 1.29 is 26.3 Å². The Hall–Kier alpha value is -3.36. The van der Waals surface area contributed by atoms with Gasteiger partial charge < -0.3 is 24.8 Å². The fourth-order valence-electron chi connectivity index (χ4n) is 5.76. The van der Waals surface area contributed by atoms with Crippen LogP contribution in [0.5, 0.6) is 5.75 Å². The predicted molar refractivity (Wildman–Crippen MR) is 151 cm³/mol. The zero-order chi connectivity index (χ0) is 28.5. The van der Waals surface area contributed by atoms with E-state index in [1.165, 1.54) is 36.7 Å². The maximum Gasteiger partial charge on any atom is 0.406 e. The molecule has 3 aromatic rings. The summed E-state index contributed by atoms with van der Waals surface area (Å²) < 4.78 is 70.9. The molecule has 0 aliphatic carbocycles. The maximum atomic E-state index is 13.6. The molecule has 7 nitrogen and oxygen atoms in total. The quantitative estimate of drug-likeness (QED) is 0.382. The number of hydrogen-bond donors (Lipinski definition) is 2. The van der Waals surface area contributed by atoms with E-state index in [0.29, 0.717) is 23.0 Å². The van der Waals surface area contributed by atoms with Crippen LogP contribution in [0.15, 0.2) is 47.4 Å². The molecule has 5 rings (SSSR count). The van der Waals surface area contributed by atoms with Gasteiger partial charge in [-0.25, -0.2) is 8.42 Å². The highest BCUT2D eigenvalue weighted by molar-refractivity contribution is 7.90. The molecule has 2 aliphatic rings. The molecule has 0 radical (unpaired) electrons. The molecule has 2 aromatic carbocycles. The van der Waals surface area contributed by atoms with Crippen molar-refractivity contribution in [1.82, 2.24) is 9.47 Å². The summed E-state index contributed by atoms with van der Waals surface area (Å²) in [6.45, 7) is 1.17. The number of methoxy groups -OCH3 is 1. The molecule has 2 saturated heterocycles. The van der Waals surface area contributed by atoms with Crippen LogP contribution in [0, 0.1) is 11.8 Å². The Bertz CT molecular complexity index is 1560. The number of benzene rings is 2. The van der Waals surface area contributed by atoms with Crippen LogP contribution in [0.2, 0.25) is 0 Å². The number of halogens is 3. The highest BCUT2D eigenvalue weighted by Gasteiger charge is 2.32. The van der Waals surface area contributed by atoms with E-state index in [0.717, 1.165) is 43.3 Å². The summed E-state index contributed by atoms with van der Waals surface area (Å²) in [5.74, 6) is 6.15. The first kappa shape index (κ1) is 28.2. The van der Waals surface area contributed by atoms with Gasteiger partial charge in [-0.3, -0.25) is 0 Å². The van der Waals surface area contributed by atoms with Gasteiger partial charge in [0.2, 0.25) is 0 Å². The minimum atomic E-state index is -4.41. The Kier molecular flexibility index (Phi) is 7.93. The van der Waals surface area contributed by atoms with Gasteiger partial charge in [-0.2, -0.15) is 13.2 Å². The van der Waals surface area contributed by atoms with Gasteiger partial charge in [-0.15, -0.1) is 0 Å². The standard InChI is InChI=1S/C29H33F3N4O3S/c1-39-28-18-23(40(2,37)38)10-11-26(28)33-13-4-6-22-17-24-25(8-3-9-27(24)36(22)19-29(30,31)32)34-20-12-15-35-14-5-7-21(35)16-20/h3,8-11,17-18,20-21,33-34H,5,7,12-16,19H2,1-2H3/t20-,21+/m1/s1. The number of anilines is 2. The molecule has 0 spiro atoms. The largest absolute Gasteiger partial charge is 0.495 e. The van der Waals surface area contributed by atoms with Crippen LogP contribution in [-0.2, 0) is 16.4 Å². The van der Waals surface area contributed by atoms with E-state index >= 15 is 0 Å². The van der Waals surface area contributed by atoms with Gasteiger partial charge in [0.05, 0.1) is 35.4 Å². The summed E-state index contributed by atoms with van der Waals surface area (Å²) in [6.07, 6.45) is 1.16. The van der Waals surface area contributed by atoms with E-state index < -0.39 is 22.6 Å². The zero-order valence-electron chi connectivity index (χ0n) is 22.5. The molecule has 2 aliphatic heterocycles. The van der Waals surface area contributed by atoms with E-state index in [9.17, 15) is 21.6 Å². The SMILES string of the molecule is COc1cc(S(C)(=O)=O)ccc1NCC#Cc1cc2c(N[C@@H]3CCN4CCC[C@H]4C3)cccc2n1CC(F)(F)F. The van der Waals surface area contributed by atoms with Crippen LogP contribution in [0.25, 0.3) is 10.9 Å². The van der Waals surface area contributed by atoms with Crippen molar-refractivity contribution in [2.45, 2.75) is 55.4 Å². The summed E-state index contributed by atoms with van der Waals surface area (Å²) in [5.41, 5.74) is 2.11. The molecule has 2 N–H and O–H groups in total. The second-order valence-electron chi connectivity index (χ2n) is 10.5. The summed E-state index contributed by atoms with van der Waals surface area (Å²) >= 11 is 0. The Morgan fingerprint density at radius 1 is 1.10 bits per heavy atom. The van der Waals surface area contributed by atoms with Crippen LogP contribution >= 0.6 is 0 Å². The number of sulfone groups is 1. The van der Waals surface area contributed by atoms with Crippen molar-refractivity contribution in [2.75, 3.05) is 43.6 Å². The number of piperidine rings is 1. The first-order chi connectivity index (χ1) is 19.0. The lowest BCUT2D eigenvalue weighted by atomic mass is 9.97. The van der Waals surface area contributed by atoms with Gasteiger partial charge in [0, 0.05) is 42.0 Å². The minimum Gasteiger partial charge on any atom is -0.495 e. The molecule has 1 aromatic heterocycles. The lowest BCUT2D eigenvalue weighted by molar-refractivity contribution is -0.140. The van der Waals surface area contributed by atoms with Crippen molar-refractivity contribution in [3.63, 3.8) is 0 Å². The smallest absolute Gasteiger partial charge is 0.406 e. The minimum absolute atomic E-state index is 0.118. The molecule has 0 unspecified atom stereocenters. The zero-order valence-corrected chi connectivity index (χ0v) is 23.3. The third kappa shape index (κ3) is 6.34. The molecule has 0 amide bonds. The Labute approximate surface area is 232 Å². The number of aromatic nitrogens is 1. The van der Waals surface area contributed by atoms with Crippen molar-refractivity contribution in [3.8, 4) is 17.6 Å². The number of rotatable bonds is 7. The van der Waals surface area contributed by atoms with Gasteiger partial charge in [0.25, 0.3) is 0 Å². The molecular weight excluding hydrogens is 541 g/mol. The third-order valence-electron chi connectivity index (χ3n) is 7.65. The fraction of sp³-hybridized carbons (Fsp3) is 0.448. The second-order valence-corrected chi connectivity index (χ2v) is 12.5. The van der Waals surface area contributed by atoms with Gasteiger partial charge in [-0.1, -0.05) is 12.0 Å². The average Bonchev–Trinajstić information content (AvgIpc) is 3.50. The number of fused-ring (bicyclic) bond motifs is 2. The number of hydrogen-bond acceptors (Lipinski definition) is 6. The number of ether oxygens (including phenoxy) is 1. The Morgan fingerprint density at radius 3 is 2.67 bits per heavy atom. The Balaban J connectivity index is 1.38. The molecule has 0 saturated carbocycles. The molecule has 11 heteroatoms. The van der Waals surface area contributed by atoms with E-state index in [2.05, 4.69) is 27.4 Å². The van der Waals surface area contributed by atoms with Gasteiger partial charge in [-0.05, 0) is 68.5 Å². The highest BCUT2D eigenvalue weighted by atomic mass is 32.2. The number of alkyl halides is 3. The van der Waals surface area contributed by atoms with Crippen molar-refractivity contribution in [3.05, 3.63) is 48.2 Å². The summed E-state index contributed by atoms with van der Waals surface area (Å²) in [6, 6.07) is 12.4. The van der Waals surface area contributed by atoms with Gasteiger partial charge in [0.1, 0.15) is 12.3 Å². The first-order valence-corrected chi connectivity index (χ1v) is 15.2. The van der Waals surface area contributed by atoms with Crippen LogP contribution in [-0.4, -0.2) is 69.1 Å². The molecule has 214 valence electrons. The summed E-state index contributed by atoms with van der Waals surface area (Å²) in [5, 5.41) is 7.39. The van der Waals surface area contributed by atoms with Crippen LogP contribution in [0.4, 0.5) is 24.5 Å². The van der Waals surface area contributed by atoms with Gasteiger partial charge in [0.15, 0.2) is 9.84 Å². The molecule has 3 heterocycles. The second kappa shape index (κ2) is 11.3. The first-order valence-electron chi connectivity index (χ1n) is 13.3. The van der Waals surface area contributed by atoms with E-state index in [1.54, 1.807) is 24.3 Å². The van der Waals surface area contributed by atoms with E-state index in [1.807, 2.05) is 6.07 Å². The predicted octanol–water partition coefficient (Wildman–Crippen LogP) is 5.12. The fourth-order valence-corrected chi connectivity index (χ4v) is 6.40. The highest BCUT2D eigenvalue weighted by Crippen LogP contribution is 2.33. The van der Waals surface area contributed by atoms with Crippen LogP contribution in [0.3, 0.4) is 0 Å². The van der Waals surface area contributed by atoms with Crippen LogP contribution in [0.1, 0.15) is 31.4 Å². The average molecular weight is 575 g/mol. The summed E-state index contributed by atoms with van der Waals surface area (Å²) in [7, 11) is -1.97. The van der Waals surface area contributed by atoms with E-state index in [4.69, 9.17) is 4.74 Å². The van der Waals surface area contributed by atoms with Gasteiger partial charge >= 0.3 is 6.18 Å². The van der Waals surface area contributed by atoms with Crippen molar-refractivity contribution in [2.24, 2.45) is 0 Å².